The van der Waals surface area contributed by atoms with Gasteiger partial charge in [-0.1, -0.05) is 25.6 Å². The Hall–Kier alpha value is -1.83. The number of nitrogens with zero attached hydrogens (tertiary/aromatic N) is 3. The second kappa shape index (κ2) is 7.16. The number of aryl methyl sites for hydroxylation is 2. The predicted octanol–water partition coefficient (Wildman–Crippen LogP) is 4.01. The lowest BCUT2D eigenvalue weighted by atomic mass is 10.0. The molecule has 8 heteroatoms. The van der Waals surface area contributed by atoms with E-state index in [4.69, 9.17) is 0 Å². The minimum Gasteiger partial charge on any atom is -0.493 e. The monoisotopic (exact) mass is 343 g/mol. The van der Waals surface area contributed by atoms with Gasteiger partial charge in [0.1, 0.15) is 0 Å². The number of aromatic nitrogens is 3. The van der Waals surface area contributed by atoms with Gasteiger partial charge in [-0.25, -0.2) is 4.98 Å². The van der Waals surface area contributed by atoms with Crippen LogP contribution in [0, 0.1) is 0 Å². The summed E-state index contributed by atoms with van der Waals surface area (Å²) in [5, 5.41) is 9.28. The maximum absolute atomic E-state index is 12.7. The first-order chi connectivity index (χ1) is 10.8. The molecule has 0 aromatic carbocycles. The molecule has 23 heavy (non-hydrogen) atoms. The topological polar surface area (TPSA) is 58.9 Å². The lowest BCUT2D eigenvalue weighted by Crippen LogP contribution is -2.09. The van der Waals surface area contributed by atoms with Crippen LogP contribution in [-0.4, -0.2) is 20.1 Å². The van der Waals surface area contributed by atoms with Crippen LogP contribution in [0.2, 0.25) is 0 Å². The lowest BCUT2D eigenvalue weighted by molar-refractivity contribution is -0.141. The van der Waals surface area contributed by atoms with Gasteiger partial charge in [0, 0.05) is 24.2 Å². The summed E-state index contributed by atoms with van der Waals surface area (Å²) in [6, 6.07) is 0.519. The predicted molar refractivity (Wildman–Crippen MR) is 81.3 cm³/mol. The summed E-state index contributed by atoms with van der Waals surface area (Å²) in [4.78, 5) is 11.3. The van der Waals surface area contributed by atoms with Crippen molar-refractivity contribution in [1.29, 1.82) is 0 Å². The van der Waals surface area contributed by atoms with E-state index in [0.717, 1.165) is 41.3 Å². The zero-order chi connectivity index (χ0) is 17.0. The molecule has 0 aliphatic carbocycles. The third-order valence-corrected chi connectivity index (χ3v) is 4.20. The first-order valence-corrected chi connectivity index (χ1v) is 8.06. The van der Waals surface area contributed by atoms with E-state index in [1.165, 1.54) is 0 Å². The lowest BCUT2D eigenvalue weighted by Gasteiger charge is -2.12. The van der Waals surface area contributed by atoms with Crippen LogP contribution in [0.15, 0.2) is 23.6 Å². The normalized spacial score (nSPS) is 11.7. The van der Waals surface area contributed by atoms with Crippen LogP contribution >= 0.6 is 11.8 Å². The molecule has 0 aliphatic heterocycles. The van der Waals surface area contributed by atoms with E-state index in [1.54, 1.807) is 12.4 Å². The molecule has 2 heterocycles. The number of rotatable bonds is 5. The molecule has 2 rings (SSSR count). The molecule has 124 valence electrons. The average Bonchev–Trinajstić information content (AvgIpc) is 2.51. The first-order valence-electron chi connectivity index (χ1n) is 7.07. The van der Waals surface area contributed by atoms with Gasteiger partial charge in [-0.2, -0.15) is 18.2 Å². The van der Waals surface area contributed by atoms with Gasteiger partial charge in [0.25, 0.3) is 0 Å². The highest BCUT2D eigenvalue weighted by Gasteiger charge is 2.33. The minimum atomic E-state index is -4.62. The van der Waals surface area contributed by atoms with E-state index in [2.05, 4.69) is 15.0 Å². The standard InChI is InChI=1S/C15H16F3N3OS/c1-3-9-6-19-7-10(4-2)11(9)8-23-14-20-12(15(16,17)18)5-13(22)21-14/h5-7H,3-4,8H2,1-2H3,(H,20,21,22). The highest BCUT2D eigenvalue weighted by Crippen LogP contribution is 2.32. The van der Waals surface area contributed by atoms with Crippen LogP contribution in [0.3, 0.4) is 0 Å². The summed E-state index contributed by atoms with van der Waals surface area (Å²) >= 11 is 1.07. The Kier molecular flexibility index (Phi) is 5.46. The Morgan fingerprint density at radius 3 is 2.22 bits per heavy atom. The van der Waals surface area contributed by atoms with Gasteiger partial charge in [0.15, 0.2) is 10.9 Å². The van der Waals surface area contributed by atoms with Gasteiger partial charge >= 0.3 is 6.18 Å². The third-order valence-electron chi connectivity index (χ3n) is 3.33. The van der Waals surface area contributed by atoms with Gasteiger partial charge in [-0.05, 0) is 29.5 Å². The van der Waals surface area contributed by atoms with E-state index in [1.807, 2.05) is 13.8 Å². The molecule has 0 radical (unpaired) electrons. The summed E-state index contributed by atoms with van der Waals surface area (Å²) in [7, 11) is 0. The largest absolute Gasteiger partial charge is 0.493 e. The van der Waals surface area contributed by atoms with E-state index in [0.29, 0.717) is 11.8 Å². The van der Waals surface area contributed by atoms with Gasteiger partial charge < -0.3 is 5.11 Å². The number of hydrogen-bond donors (Lipinski definition) is 1. The van der Waals surface area contributed by atoms with Crippen LogP contribution in [0.1, 0.15) is 36.2 Å². The van der Waals surface area contributed by atoms with Gasteiger partial charge in [-0.3, -0.25) is 4.98 Å². The van der Waals surface area contributed by atoms with E-state index in [9.17, 15) is 18.3 Å². The van der Waals surface area contributed by atoms with E-state index in [-0.39, 0.29) is 5.16 Å². The van der Waals surface area contributed by atoms with E-state index >= 15 is 0 Å². The minimum absolute atomic E-state index is 0.0988. The molecule has 4 nitrogen and oxygen atoms in total. The van der Waals surface area contributed by atoms with Crippen LogP contribution in [0.5, 0.6) is 5.88 Å². The highest BCUT2D eigenvalue weighted by atomic mass is 32.2. The number of pyridine rings is 1. The Balaban J connectivity index is 2.27. The molecule has 0 saturated heterocycles. The summed E-state index contributed by atoms with van der Waals surface area (Å²) in [5.41, 5.74) is 1.99. The Morgan fingerprint density at radius 1 is 1.09 bits per heavy atom. The summed E-state index contributed by atoms with van der Waals surface area (Å²) in [6.45, 7) is 3.99. The fourth-order valence-corrected chi connectivity index (χ4v) is 3.10. The number of hydrogen-bond acceptors (Lipinski definition) is 5. The molecule has 1 N–H and O–H groups in total. The number of aromatic hydroxyl groups is 1. The van der Waals surface area contributed by atoms with Crippen molar-refractivity contribution in [2.75, 3.05) is 0 Å². The van der Waals surface area contributed by atoms with Crippen molar-refractivity contribution < 1.29 is 18.3 Å². The third kappa shape index (κ3) is 4.34. The highest BCUT2D eigenvalue weighted by molar-refractivity contribution is 7.98. The van der Waals surface area contributed by atoms with Crippen molar-refractivity contribution in [1.82, 2.24) is 15.0 Å². The molecular formula is C15H16F3N3OS. The fraction of sp³-hybridized carbons (Fsp3) is 0.400. The van der Waals surface area contributed by atoms with Crippen molar-refractivity contribution in [3.8, 4) is 5.88 Å². The maximum Gasteiger partial charge on any atom is 0.433 e. The average molecular weight is 343 g/mol. The molecule has 0 amide bonds. The summed E-state index contributed by atoms with van der Waals surface area (Å²) in [5.74, 6) is -0.258. The summed E-state index contributed by atoms with van der Waals surface area (Å²) < 4.78 is 38.2. The Bertz CT molecular complexity index is 670. The van der Waals surface area contributed by atoms with Gasteiger partial charge in [0.05, 0.1) is 0 Å². The zero-order valence-electron chi connectivity index (χ0n) is 12.7. The van der Waals surface area contributed by atoms with Crippen molar-refractivity contribution in [3.05, 3.63) is 40.8 Å². The number of thioether (sulfide) groups is 1. The maximum atomic E-state index is 12.7. The van der Waals surface area contributed by atoms with Crippen LogP contribution in [0.4, 0.5) is 13.2 Å². The number of halogens is 3. The second-order valence-corrected chi connectivity index (χ2v) is 5.77. The molecular weight excluding hydrogens is 327 g/mol. The van der Waals surface area contributed by atoms with Crippen molar-refractivity contribution in [3.63, 3.8) is 0 Å². The molecule has 0 fully saturated rings. The smallest absolute Gasteiger partial charge is 0.433 e. The van der Waals surface area contributed by atoms with E-state index < -0.39 is 17.8 Å². The molecule has 0 atom stereocenters. The zero-order valence-corrected chi connectivity index (χ0v) is 13.5. The second-order valence-electron chi connectivity index (χ2n) is 4.82. The molecule has 0 aliphatic rings. The molecule has 0 saturated carbocycles. The van der Waals surface area contributed by atoms with Crippen molar-refractivity contribution in [2.45, 2.75) is 43.8 Å². The van der Waals surface area contributed by atoms with Crippen molar-refractivity contribution in [2.24, 2.45) is 0 Å². The summed E-state index contributed by atoms with van der Waals surface area (Å²) in [6.07, 6.45) is 0.478. The van der Waals surface area contributed by atoms with Crippen LogP contribution in [0.25, 0.3) is 0 Å². The fourth-order valence-electron chi connectivity index (χ4n) is 2.13. The quantitative estimate of drug-likeness (QED) is 0.656. The molecule has 0 spiro atoms. The molecule has 0 unspecified atom stereocenters. The first kappa shape index (κ1) is 17.5. The molecule has 0 bridgehead atoms. The Labute approximate surface area is 136 Å². The molecule has 2 aromatic rings. The van der Waals surface area contributed by atoms with Crippen molar-refractivity contribution >= 4 is 11.8 Å². The van der Waals surface area contributed by atoms with Crippen LogP contribution < -0.4 is 0 Å². The number of alkyl halides is 3. The van der Waals surface area contributed by atoms with Crippen LogP contribution in [-0.2, 0) is 24.8 Å². The molecule has 2 aromatic heterocycles. The Morgan fingerprint density at radius 2 is 1.70 bits per heavy atom. The van der Waals surface area contributed by atoms with Gasteiger partial charge in [-0.15, -0.1) is 0 Å². The van der Waals surface area contributed by atoms with Gasteiger partial charge in [0.2, 0.25) is 5.88 Å². The SMILES string of the molecule is CCc1cncc(CC)c1CSc1nc(O)cc(C(F)(F)F)n1.